The lowest BCUT2D eigenvalue weighted by atomic mass is 10.1. The molecule has 0 bridgehead atoms. The van der Waals surface area contributed by atoms with Crippen LogP contribution in [-0.4, -0.2) is 54.0 Å². The number of amides is 1. The van der Waals surface area contributed by atoms with Crippen LogP contribution < -0.4 is 21.9 Å². The highest BCUT2D eigenvalue weighted by atomic mass is 32.1. The van der Waals surface area contributed by atoms with Crippen molar-refractivity contribution in [2.24, 2.45) is 0 Å². The molecule has 162 valence electrons. The number of hydrogen-bond acceptors (Lipinski definition) is 10. The molecule has 3 aromatic heterocycles. The average Bonchev–Trinajstić information content (AvgIpc) is 3.18. The van der Waals surface area contributed by atoms with Crippen molar-refractivity contribution in [2.45, 2.75) is 25.4 Å². The van der Waals surface area contributed by atoms with E-state index >= 15 is 0 Å². The van der Waals surface area contributed by atoms with Gasteiger partial charge < -0.3 is 26.6 Å². The normalized spacial score (nSPS) is 11.7. The van der Waals surface area contributed by atoms with E-state index in [0.29, 0.717) is 10.7 Å². The van der Waals surface area contributed by atoms with Crippen LogP contribution in [0.15, 0.2) is 23.1 Å². The summed E-state index contributed by atoms with van der Waals surface area (Å²) in [5.41, 5.74) is 5.56. The van der Waals surface area contributed by atoms with Crippen LogP contribution in [0.25, 0.3) is 11.2 Å². The summed E-state index contributed by atoms with van der Waals surface area (Å²) in [7, 11) is 0. The van der Waals surface area contributed by atoms with E-state index < -0.39 is 29.4 Å². The molecule has 0 spiro atoms. The van der Waals surface area contributed by atoms with Crippen LogP contribution in [0.4, 0.5) is 10.9 Å². The minimum absolute atomic E-state index is 0.0424. The van der Waals surface area contributed by atoms with Crippen LogP contribution in [0.2, 0.25) is 0 Å². The number of aromatic amines is 1. The number of nitrogens with two attached hydrogens (primary N) is 1. The number of carbonyl (C=O) groups is 3. The average molecular weight is 447 g/mol. The Kier molecular flexibility index (Phi) is 6.40. The Balaban J connectivity index is 1.63. The third kappa shape index (κ3) is 5.51. The van der Waals surface area contributed by atoms with Gasteiger partial charge in [0, 0.05) is 6.42 Å². The fourth-order valence-corrected chi connectivity index (χ4v) is 3.35. The Morgan fingerprint density at radius 3 is 2.71 bits per heavy atom. The summed E-state index contributed by atoms with van der Waals surface area (Å²) in [6.07, 6.45) is 0.821. The first-order valence-electron chi connectivity index (χ1n) is 8.83. The number of thiophene rings is 1. The van der Waals surface area contributed by atoms with Gasteiger partial charge >= 0.3 is 11.9 Å². The molecule has 31 heavy (non-hydrogen) atoms. The maximum atomic E-state index is 12.3. The van der Waals surface area contributed by atoms with E-state index in [-0.39, 0.29) is 41.4 Å². The lowest BCUT2D eigenvalue weighted by Crippen LogP contribution is -2.40. The Morgan fingerprint density at radius 2 is 2.00 bits per heavy atom. The molecule has 1 atom stereocenters. The summed E-state index contributed by atoms with van der Waals surface area (Å²) in [6.45, 7) is 0.199. The van der Waals surface area contributed by atoms with Gasteiger partial charge in [-0.2, -0.15) is 4.98 Å². The first-order valence-corrected chi connectivity index (χ1v) is 9.65. The minimum Gasteiger partial charge on any atom is -0.481 e. The number of aromatic nitrogens is 4. The maximum absolute atomic E-state index is 12.3. The molecule has 3 aromatic rings. The van der Waals surface area contributed by atoms with E-state index in [2.05, 4.69) is 30.6 Å². The minimum atomic E-state index is -1.31. The molecule has 0 aliphatic heterocycles. The largest absolute Gasteiger partial charge is 0.481 e. The van der Waals surface area contributed by atoms with Gasteiger partial charge in [-0.25, -0.2) is 14.8 Å². The van der Waals surface area contributed by atoms with Crippen molar-refractivity contribution >= 4 is 51.3 Å². The Bertz CT molecular complexity index is 1210. The van der Waals surface area contributed by atoms with Crippen molar-refractivity contribution in [1.29, 1.82) is 0 Å². The third-order valence-corrected chi connectivity index (χ3v) is 5.05. The Hall–Kier alpha value is -4.07. The summed E-state index contributed by atoms with van der Waals surface area (Å²) in [6, 6.07) is 1.81. The highest BCUT2D eigenvalue weighted by Crippen LogP contribution is 2.22. The molecule has 7 N–H and O–H groups in total. The lowest BCUT2D eigenvalue weighted by Gasteiger charge is -2.12. The highest BCUT2D eigenvalue weighted by Gasteiger charge is 2.22. The monoisotopic (exact) mass is 447 g/mol. The zero-order valence-electron chi connectivity index (χ0n) is 15.8. The Morgan fingerprint density at radius 1 is 1.23 bits per heavy atom. The summed E-state index contributed by atoms with van der Waals surface area (Å²) < 4.78 is 0. The molecule has 0 aliphatic rings. The Labute approximate surface area is 177 Å². The predicted molar refractivity (Wildman–Crippen MR) is 110 cm³/mol. The number of fused-ring (bicyclic) bond motifs is 1. The van der Waals surface area contributed by atoms with Gasteiger partial charge in [0.1, 0.15) is 6.04 Å². The van der Waals surface area contributed by atoms with E-state index in [1.165, 1.54) is 12.3 Å². The van der Waals surface area contributed by atoms with Crippen LogP contribution in [0, 0.1) is 0 Å². The number of rotatable bonds is 9. The van der Waals surface area contributed by atoms with E-state index in [1.54, 1.807) is 6.07 Å². The van der Waals surface area contributed by atoms with Crippen molar-refractivity contribution in [3.05, 3.63) is 39.3 Å². The molecule has 13 nitrogen and oxygen atoms in total. The first kappa shape index (κ1) is 21.6. The molecule has 3 heterocycles. The standard InChI is InChI=1S/C17H17N7O6S/c18-17-23-13-12(15(28)24-17)21-7(6-20-13)5-19-10-3-2-9(31-10)14(27)22-8(16(29)30)1-4-11(25)26/h2-3,6,8,19H,1,4-5H2,(H,22,27)(H,25,26)(H,29,30)(H3,18,20,23,24,28)/t8-/m0/s1. The molecule has 3 rings (SSSR count). The van der Waals surface area contributed by atoms with E-state index in [9.17, 15) is 19.2 Å². The SMILES string of the molecule is Nc1nc2ncc(CNc3ccc(C(=O)N[C@@H](CCC(=O)O)C(=O)O)s3)nc2c(=O)[nH]1. The lowest BCUT2D eigenvalue weighted by molar-refractivity contribution is -0.140. The highest BCUT2D eigenvalue weighted by molar-refractivity contribution is 7.17. The number of H-pyrrole nitrogens is 1. The molecular formula is C17H17N7O6S. The van der Waals surface area contributed by atoms with Gasteiger partial charge in [-0.05, 0) is 18.6 Å². The van der Waals surface area contributed by atoms with Gasteiger partial charge in [-0.1, -0.05) is 0 Å². The zero-order chi connectivity index (χ0) is 22.5. The second-order valence-corrected chi connectivity index (χ2v) is 7.38. The summed E-state index contributed by atoms with van der Waals surface area (Å²) in [5.74, 6) is -3.15. The molecule has 0 unspecified atom stereocenters. The number of aliphatic carboxylic acids is 2. The van der Waals surface area contributed by atoms with E-state index in [1.807, 2.05) is 0 Å². The van der Waals surface area contributed by atoms with Crippen molar-refractivity contribution < 1.29 is 24.6 Å². The fraction of sp³-hybridized carbons (Fsp3) is 0.235. The van der Waals surface area contributed by atoms with Crippen LogP contribution in [0.3, 0.4) is 0 Å². The van der Waals surface area contributed by atoms with Crippen molar-refractivity contribution in [1.82, 2.24) is 25.3 Å². The second-order valence-electron chi connectivity index (χ2n) is 6.30. The van der Waals surface area contributed by atoms with Gasteiger partial charge in [0.05, 0.1) is 28.3 Å². The van der Waals surface area contributed by atoms with Crippen molar-refractivity contribution in [2.75, 3.05) is 11.1 Å². The smallest absolute Gasteiger partial charge is 0.326 e. The van der Waals surface area contributed by atoms with E-state index in [4.69, 9.17) is 15.9 Å². The molecule has 0 radical (unpaired) electrons. The zero-order valence-corrected chi connectivity index (χ0v) is 16.6. The third-order valence-electron chi connectivity index (χ3n) is 4.01. The molecule has 0 aliphatic carbocycles. The molecule has 0 saturated heterocycles. The number of nitrogen functional groups attached to an aromatic ring is 1. The van der Waals surface area contributed by atoms with E-state index in [0.717, 1.165) is 11.3 Å². The van der Waals surface area contributed by atoms with Crippen molar-refractivity contribution in [3.8, 4) is 0 Å². The number of anilines is 2. The van der Waals surface area contributed by atoms with Gasteiger partial charge in [-0.3, -0.25) is 19.4 Å². The summed E-state index contributed by atoms with van der Waals surface area (Å²) in [4.78, 5) is 60.8. The first-order chi connectivity index (χ1) is 14.7. The van der Waals surface area contributed by atoms with Gasteiger partial charge in [0.2, 0.25) is 5.95 Å². The molecule has 0 fully saturated rings. The number of carboxylic acid groups (broad SMARTS) is 2. The molecule has 14 heteroatoms. The molecule has 1 amide bonds. The number of carbonyl (C=O) groups excluding carboxylic acids is 1. The predicted octanol–water partition coefficient (Wildman–Crippen LogP) is 0.0167. The fourth-order valence-electron chi connectivity index (χ4n) is 2.54. The number of carboxylic acids is 2. The summed E-state index contributed by atoms with van der Waals surface area (Å²) >= 11 is 1.07. The van der Waals surface area contributed by atoms with Crippen LogP contribution in [0.1, 0.15) is 28.2 Å². The number of nitrogens with zero attached hydrogens (tertiary/aromatic N) is 3. The van der Waals surface area contributed by atoms with Crippen LogP contribution >= 0.6 is 11.3 Å². The second kappa shape index (κ2) is 9.17. The van der Waals surface area contributed by atoms with Gasteiger partial charge in [0.15, 0.2) is 11.2 Å². The maximum Gasteiger partial charge on any atom is 0.326 e. The number of nitrogens with one attached hydrogen (secondary N) is 3. The topological polar surface area (TPSA) is 213 Å². The van der Waals surface area contributed by atoms with Crippen molar-refractivity contribution in [3.63, 3.8) is 0 Å². The molecule has 0 saturated carbocycles. The quantitative estimate of drug-likeness (QED) is 0.257. The van der Waals surface area contributed by atoms with Gasteiger partial charge in [-0.15, -0.1) is 11.3 Å². The van der Waals surface area contributed by atoms with Crippen LogP contribution in [-0.2, 0) is 16.1 Å². The van der Waals surface area contributed by atoms with Gasteiger partial charge in [0.25, 0.3) is 11.5 Å². The molecule has 0 aromatic carbocycles. The van der Waals surface area contributed by atoms with Crippen LogP contribution in [0.5, 0.6) is 0 Å². The summed E-state index contributed by atoms with van der Waals surface area (Å²) in [5, 5.41) is 23.8. The molecular weight excluding hydrogens is 430 g/mol. The number of hydrogen-bond donors (Lipinski definition) is 6.